The van der Waals surface area contributed by atoms with Gasteiger partial charge in [-0.2, -0.15) is 0 Å². The maximum absolute atomic E-state index is 2.49. The minimum Gasteiger partial charge on any atom is -0.285 e. The number of hydrogen-bond donors (Lipinski definition) is 0. The van der Waals surface area contributed by atoms with Crippen LogP contribution in [0.15, 0.2) is 12.2 Å². The molecule has 0 atom stereocenters. The van der Waals surface area contributed by atoms with Crippen LogP contribution < -0.4 is 0 Å². The van der Waals surface area contributed by atoms with E-state index in [0.29, 0.717) is 0 Å². The third-order valence-corrected chi connectivity index (χ3v) is 4.85. The Morgan fingerprint density at radius 2 is 1.24 bits per heavy atom. The van der Waals surface area contributed by atoms with E-state index in [1.165, 1.54) is 51.4 Å². The van der Waals surface area contributed by atoms with Crippen LogP contribution in [0, 0.1) is 0 Å². The zero-order chi connectivity index (χ0) is 16.1. The molecule has 0 radical (unpaired) electrons. The fourth-order valence-corrected chi connectivity index (χ4v) is 3.17. The molecule has 0 saturated heterocycles. The molecule has 0 aliphatic carbocycles. The predicted molar refractivity (Wildman–Crippen MR) is 96.8 cm³/mol. The van der Waals surface area contributed by atoms with Crippen molar-refractivity contribution in [2.24, 2.45) is 0 Å². The van der Waals surface area contributed by atoms with Crippen molar-refractivity contribution in [3.8, 4) is 0 Å². The molecule has 2 nitrogen and oxygen atoms in total. The lowest BCUT2D eigenvalue weighted by Crippen LogP contribution is -2.56. The van der Waals surface area contributed by atoms with Crippen LogP contribution in [-0.4, -0.2) is 42.6 Å². The summed E-state index contributed by atoms with van der Waals surface area (Å²) in [4.78, 5) is 4.99. The smallest absolute Gasteiger partial charge is 0.0924 e. The molecule has 0 N–H and O–H groups in total. The summed E-state index contributed by atoms with van der Waals surface area (Å²) >= 11 is 0. The third-order valence-electron chi connectivity index (χ3n) is 4.85. The fourth-order valence-electron chi connectivity index (χ4n) is 3.17. The second-order valence-corrected chi connectivity index (χ2v) is 6.28. The summed E-state index contributed by atoms with van der Waals surface area (Å²) in [5.41, 5.74) is 0.0989. The minimum absolute atomic E-state index is 0.0989. The van der Waals surface area contributed by atoms with Gasteiger partial charge in [0.05, 0.1) is 5.66 Å². The molecule has 0 aromatic heterocycles. The minimum atomic E-state index is 0.0989. The van der Waals surface area contributed by atoms with Crippen molar-refractivity contribution in [2.75, 3.05) is 27.2 Å². The predicted octanol–water partition coefficient (Wildman–Crippen LogP) is 5.30. The molecular formula is C19H40N2. The van der Waals surface area contributed by atoms with E-state index in [1.54, 1.807) is 0 Å². The summed E-state index contributed by atoms with van der Waals surface area (Å²) < 4.78 is 0. The van der Waals surface area contributed by atoms with E-state index in [1.807, 2.05) is 0 Å². The van der Waals surface area contributed by atoms with Crippen LogP contribution in [0.25, 0.3) is 0 Å². The van der Waals surface area contributed by atoms with Crippen LogP contribution in [-0.2, 0) is 0 Å². The lowest BCUT2D eigenvalue weighted by Gasteiger charge is -2.46. The molecular weight excluding hydrogens is 256 g/mol. The van der Waals surface area contributed by atoms with Crippen LogP contribution in [0.2, 0.25) is 0 Å². The van der Waals surface area contributed by atoms with Crippen molar-refractivity contribution in [2.45, 2.75) is 84.7 Å². The van der Waals surface area contributed by atoms with Crippen molar-refractivity contribution in [1.82, 2.24) is 9.80 Å². The fraction of sp³-hybridized carbons (Fsp3) is 0.895. The molecule has 0 fully saturated rings. The van der Waals surface area contributed by atoms with E-state index < -0.39 is 0 Å². The largest absolute Gasteiger partial charge is 0.285 e. The molecule has 0 spiro atoms. The highest BCUT2D eigenvalue weighted by Gasteiger charge is 2.33. The summed E-state index contributed by atoms with van der Waals surface area (Å²) in [5, 5.41) is 0. The number of allylic oxidation sites excluding steroid dienone is 1. The molecule has 21 heavy (non-hydrogen) atoms. The molecule has 0 rings (SSSR count). The first-order valence-electron chi connectivity index (χ1n) is 9.15. The molecule has 126 valence electrons. The van der Waals surface area contributed by atoms with Gasteiger partial charge in [0.1, 0.15) is 0 Å². The van der Waals surface area contributed by atoms with Crippen LogP contribution in [0.5, 0.6) is 0 Å². The van der Waals surface area contributed by atoms with E-state index in [4.69, 9.17) is 0 Å². The highest BCUT2D eigenvalue weighted by atomic mass is 15.4. The Morgan fingerprint density at radius 1 is 0.762 bits per heavy atom. The molecule has 0 bridgehead atoms. The van der Waals surface area contributed by atoms with Gasteiger partial charge in [0.15, 0.2) is 0 Å². The van der Waals surface area contributed by atoms with Gasteiger partial charge in [0.2, 0.25) is 0 Å². The van der Waals surface area contributed by atoms with Gasteiger partial charge >= 0.3 is 0 Å². The summed E-state index contributed by atoms with van der Waals surface area (Å²) in [5.74, 6) is 0. The van der Waals surface area contributed by atoms with E-state index >= 15 is 0 Å². The first-order chi connectivity index (χ1) is 10.1. The first kappa shape index (κ1) is 20.7. The second kappa shape index (κ2) is 12.2. The molecule has 0 amide bonds. The Morgan fingerprint density at radius 3 is 1.67 bits per heavy atom. The maximum Gasteiger partial charge on any atom is 0.0924 e. The highest BCUT2D eigenvalue weighted by molar-refractivity contribution is 5.05. The number of rotatable bonds is 13. The zero-order valence-corrected chi connectivity index (χ0v) is 15.6. The topological polar surface area (TPSA) is 6.48 Å². The molecule has 0 aliphatic rings. The normalized spacial score (nSPS) is 13.0. The van der Waals surface area contributed by atoms with Crippen molar-refractivity contribution in [1.29, 1.82) is 0 Å². The summed E-state index contributed by atoms with van der Waals surface area (Å²) in [6.07, 6.45) is 15.5. The summed E-state index contributed by atoms with van der Waals surface area (Å²) in [7, 11) is 4.51. The maximum atomic E-state index is 2.49. The van der Waals surface area contributed by atoms with Crippen LogP contribution in [0.3, 0.4) is 0 Å². The van der Waals surface area contributed by atoms with Crippen LogP contribution in [0.1, 0.15) is 79.1 Å². The molecule has 0 heterocycles. The van der Waals surface area contributed by atoms with Crippen LogP contribution in [0.4, 0.5) is 0 Å². The van der Waals surface area contributed by atoms with Gasteiger partial charge in [-0.15, -0.1) is 0 Å². The Kier molecular flexibility index (Phi) is 12.0. The Labute approximate surface area is 134 Å². The van der Waals surface area contributed by atoms with Crippen LogP contribution >= 0.6 is 0 Å². The molecule has 0 aromatic carbocycles. The Balaban J connectivity index is 4.46. The number of likely N-dealkylation sites (N-methyl/N-ethyl adjacent to an activating group) is 2. The lowest BCUT2D eigenvalue weighted by molar-refractivity contribution is 0.00918. The molecule has 2 heteroatoms. The SMILES string of the molecule is CC=CC(CCCCCCCCC)(N(C)CC)N(C)CC. The Bertz CT molecular complexity index is 250. The van der Waals surface area contributed by atoms with Crippen molar-refractivity contribution in [3.63, 3.8) is 0 Å². The van der Waals surface area contributed by atoms with Gasteiger partial charge in [-0.3, -0.25) is 9.80 Å². The summed E-state index contributed by atoms with van der Waals surface area (Å²) in [6.45, 7) is 11.1. The average molecular weight is 297 g/mol. The number of hydrogen-bond acceptors (Lipinski definition) is 2. The molecule has 0 aromatic rings. The quantitative estimate of drug-likeness (QED) is 0.258. The third kappa shape index (κ3) is 6.97. The van der Waals surface area contributed by atoms with Gasteiger partial charge in [0.25, 0.3) is 0 Å². The van der Waals surface area contributed by atoms with E-state index in [-0.39, 0.29) is 5.66 Å². The van der Waals surface area contributed by atoms with Gasteiger partial charge in [-0.05, 0) is 47.0 Å². The molecule has 0 aliphatic heterocycles. The van der Waals surface area contributed by atoms with E-state index in [0.717, 1.165) is 13.1 Å². The van der Waals surface area contributed by atoms with Gasteiger partial charge in [0, 0.05) is 0 Å². The number of nitrogens with zero attached hydrogens (tertiary/aromatic N) is 2. The van der Waals surface area contributed by atoms with E-state index in [9.17, 15) is 0 Å². The van der Waals surface area contributed by atoms with Crippen molar-refractivity contribution >= 4 is 0 Å². The highest BCUT2D eigenvalue weighted by Crippen LogP contribution is 2.27. The number of unbranched alkanes of at least 4 members (excludes halogenated alkanes) is 6. The second-order valence-electron chi connectivity index (χ2n) is 6.28. The summed E-state index contributed by atoms with van der Waals surface area (Å²) in [6, 6.07) is 0. The van der Waals surface area contributed by atoms with Gasteiger partial charge in [-0.1, -0.05) is 71.4 Å². The zero-order valence-electron chi connectivity index (χ0n) is 15.6. The Hall–Kier alpha value is -0.340. The first-order valence-corrected chi connectivity index (χ1v) is 9.15. The van der Waals surface area contributed by atoms with Gasteiger partial charge < -0.3 is 0 Å². The van der Waals surface area contributed by atoms with Crippen molar-refractivity contribution < 1.29 is 0 Å². The van der Waals surface area contributed by atoms with Crippen molar-refractivity contribution in [3.05, 3.63) is 12.2 Å². The average Bonchev–Trinajstić information content (AvgIpc) is 2.51. The standard InChI is InChI=1S/C19H40N2/c1-7-11-12-13-14-15-16-18-19(17-8-2,20(5)9-3)21(6)10-4/h8,17H,7,9-16,18H2,1-6H3. The molecule has 0 saturated carbocycles. The van der Waals surface area contributed by atoms with E-state index in [2.05, 4.69) is 63.7 Å². The monoisotopic (exact) mass is 296 g/mol. The molecule has 0 unspecified atom stereocenters. The lowest BCUT2D eigenvalue weighted by atomic mass is 9.96. The van der Waals surface area contributed by atoms with Gasteiger partial charge in [-0.25, -0.2) is 0 Å².